The summed E-state index contributed by atoms with van der Waals surface area (Å²) in [5.74, 6) is 0. The van der Waals surface area contributed by atoms with Crippen LogP contribution < -0.4 is 5.32 Å². The number of hydrogen-bond acceptors (Lipinski definition) is 4. The maximum Gasteiger partial charge on any atom is 0.0599 e. The molecule has 1 fully saturated rings. The van der Waals surface area contributed by atoms with E-state index in [1.807, 2.05) is 0 Å². The number of likely N-dealkylation sites (tertiary alicyclic amines) is 1. The number of rotatable bonds is 8. The Hall–Kier alpha value is 0.230. The lowest BCUT2D eigenvalue weighted by molar-refractivity contribution is 0.00708. The molecule has 0 aromatic carbocycles. The minimum atomic E-state index is 0.479. The summed E-state index contributed by atoms with van der Waals surface area (Å²) < 4.78 is 5.90. The highest BCUT2D eigenvalue weighted by atomic mass is 32.1. The first-order valence-electron chi connectivity index (χ1n) is 6.95. The van der Waals surface area contributed by atoms with Crippen molar-refractivity contribution in [2.45, 2.75) is 44.5 Å². The standard InChI is InChI=1S/C13H28N2OS/c1-3-14-7-4-10-16-13-5-8-15(9-6-13)11-12(2)17/h12-14,17H,3-11H2,1-2H3. The molecular formula is C13H28N2OS. The van der Waals surface area contributed by atoms with Crippen molar-refractivity contribution in [2.75, 3.05) is 39.3 Å². The van der Waals surface area contributed by atoms with Crippen molar-refractivity contribution in [3.8, 4) is 0 Å². The third kappa shape index (κ3) is 7.29. The first kappa shape index (κ1) is 15.3. The fourth-order valence-corrected chi connectivity index (χ4v) is 2.49. The molecule has 4 heteroatoms. The quantitative estimate of drug-likeness (QED) is 0.514. The Morgan fingerprint density at radius 1 is 1.41 bits per heavy atom. The van der Waals surface area contributed by atoms with Crippen LogP contribution in [0.3, 0.4) is 0 Å². The summed E-state index contributed by atoms with van der Waals surface area (Å²) >= 11 is 4.44. The van der Waals surface area contributed by atoms with Gasteiger partial charge in [0.2, 0.25) is 0 Å². The minimum Gasteiger partial charge on any atom is -0.378 e. The number of hydrogen-bond donors (Lipinski definition) is 2. The lowest BCUT2D eigenvalue weighted by Gasteiger charge is -2.32. The molecule has 17 heavy (non-hydrogen) atoms. The first-order valence-corrected chi connectivity index (χ1v) is 7.46. The average Bonchev–Trinajstić information content (AvgIpc) is 2.30. The third-order valence-corrected chi connectivity index (χ3v) is 3.32. The van der Waals surface area contributed by atoms with E-state index in [0.29, 0.717) is 11.4 Å². The molecule has 0 aliphatic carbocycles. The lowest BCUT2D eigenvalue weighted by atomic mass is 10.1. The Labute approximate surface area is 112 Å². The Kier molecular flexibility index (Phi) is 8.27. The molecule has 1 N–H and O–H groups in total. The van der Waals surface area contributed by atoms with E-state index in [4.69, 9.17) is 4.74 Å². The van der Waals surface area contributed by atoms with Crippen LogP contribution in [0.25, 0.3) is 0 Å². The van der Waals surface area contributed by atoms with Gasteiger partial charge in [0.15, 0.2) is 0 Å². The third-order valence-electron chi connectivity index (χ3n) is 3.16. The van der Waals surface area contributed by atoms with E-state index in [1.54, 1.807) is 0 Å². The van der Waals surface area contributed by atoms with Crippen molar-refractivity contribution in [3.05, 3.63) is 0 Å². The van der Waals surface area contributed by atoms with Gasteiger partial charge in [0.25, 0.3) is 0 Å². The number of ether oxygens (including phenoxy) is 1. The van der Waals surface area contributed by atoms with Crippen molar-refractivity contribution >= 4 is 12.6 Å². The Bertz CT molecular complexity index is 182. The van der Waals surface area contributed by atoms with Gasteiger partial charge in [-0.25, -0.2) is 0 Å². The predicted octanol–water partition coefficient (Wildman–Crippen LogP) is 1.79. The molecule has 1 aliphatic rings. The number of thiol groups is 1. The highest BCUT2D eigenvalue weighted by Crippen LogP contribution is 2.14. The van der Waals surface area contributed by atoms with Gasteiger partial charge >= 0.3 is 0 Å². The second-order valence-corrected chi connectivity index (χ2v) is 5.81. The molecule has 1 saturated heterocycles. The van der Waals surface area contributed by atoms with Crippen LogP contribution >= 0.6 is 12.6 Å². The Balaban J connectivity index is 1.99. The van der Waals surface area contributed by atoms with Gasteiger partial charge in [-0.2, -0.15) is 12.6 Å². The highest BCUT2D eigenvalue weighted by Gasteiger charge is 2.19. The zero-order chi connectivity index (χ0) is 12.5. The number of nitrogens with zero attached hydrogens (tertiary/aromatic N) is 1. The van der Waals surface area contributed by atoms with E-state index < -0.39 is 0 Å². The van der Waals surface area contributed by atoms with Crippen molar-refractivity contribution < 1.29 is 4.74 Å². The van der Waals surface area contributed by atoms with Gasteiger partial charge < -0.3 is 15.0 Å². The Morgan fingerprint density at radius 3 is 2.71 bits per heavy atom. The van der Waals surface area contributed by atoms with E-state index in [-0.39, 0.29) is 0 Å². The van der Waals surface area contributed by atoms with Crippen LogP contribution in [0.15, 0.2) is 0 Å². The van der Waals surface area contributed by atoms with Gasteiger partial charge in [0.05, 0.1) is 6.10 Å². The number of piperidine rings is 1. The van der Waals surface area contributed by atoms with Gasteiger partial charge in [-0.15, -0.1) is 0 Å². The summed E-state index contributed by atoms with van der Waals surface area (Å²) in [5, 5.41) is 3.80. The normalized spacial score (nSPS) is 20.6. The van der Waals surface area contributed by atoms with Crippen LogP contribution in [-0.4, -0.2) is 55.6 Å². The van der Waals surface area contributed by atoms with Crippen LogP contribution in [0.2, 0.25) is 0 Å². The van der Waals surface area contributed by atoms with Crippen LogP contribution in [0.4, 0.5) is 0 Å². The largest absolute Gasteiger partial charge is 0.378 e. The molecule has 0 aromatic heterocycles. The molecule has 1 atom stereocenters. The van der Waals surface area contributed by atoms with Crippen molar-refractivity contribution in [1.82, 2.24) is 10.2 Å². The fraction of sp³-hybridized carbons (Fsp3) is 1.00. The van der Waals surface area contributed by atoms with Gasteiger partial charge in [-0.1, -0.05) is 13.8 Å². The molecule has 1 rings (SSSR count). The molecular weight excluding hydrogens is 232 g/mol. The maximum absolute atomic E-state index is 5.90. The molecule has 0 bridgehead atoms. The van der Waals surface area contributed by atoms with Crippen LogP contribution in [0.5, 0.6) is 0 Å². The zero-order valence-corrected chi connectivity index (χ0v) is 12.2. The van der Waals surface area contributed by atoms with E-state index in [2.05, 4.69) is 36.7 Å². The Morgan fingerprint density at radius 2 is 2.12 bits per heavy atom. The van der Waals surface area contributed by atoms with Crippen molar-refractivity contribution in [3.63, 3.8) is 0 Å². The summed E-state index contributed by atoms with van der Waals surface area (Å²) in [7, 11) is 0. The smallest absolute Gasteiger partial charge is 0.0599 e. The van der Waals surface area contributed by atoms with Gasteiger partial charge in [-0.3, -0.25) is 0 Å². The first-order chi connectivity index (χ1) is 8.22. The van der Waals surface area contributed by atoms with Crippen LogP contribution in [0.1, 0.15) is 33.1 Å². The second kappa shape index (κ2) is 9.20. The predicted molar refractivity (Wildman–Crippen MR) is 77.0 cm³/mol. The number of nitrogens with one attached hydrogen (secondary N) is 1. The minimum absolute atomic E-state index is 0.479. The molecule has 0 amide bonds. The molecule has 1 aliphatic heterocycles. The van der Waals surface area contributed by atoms with E-state index in [1.165, 1.54) is 25.9 Å². The van der Waals surface area contributed by atoms with E-state index in [0.717, 1.165) is 32.7 Å². The summed E-state index contributed by atoms with van der Waals surface area (Å²) in [6, 6.07) is 0. The molecule has 0 aromatic rings. The molecule has 0 saturated carbocycles. The molecule has 102 valence electrons. The van der Waals surface area contributed by atoms with Crippen molar-refractivity contribution in [2.24, 2.45) is 0 Å². The van der Waals surface area contributed by atoms with Gasteiger partial charge in [-0.05, 0) is 32.4 Å². The zero-order valence-electron chi connectivity index (χ0n) is 11.3. The lowest BCUT2D eigenvalue weighted by Crippen LogP contribution is -2.39. The molecule has 3 nitrogen and oxygen atoms in total. The topological polar surface area (TPSA) is 24.5 Å². The fourth-order valence-electron chi connectivity index (χ4n) is 2.26. The van der Waals surface area contributed by atoms with Gasteiger partial charge in [0, 0.05) is 31.5 Å². The summed E-state index contributed by atoms with van der Waals surface area (Å²) in [6.45, 7) is 10.8. The molecule has 0 spiro atoms. The molecule has 1 heterocycles. The SMILES string of the molecule is CCNCCCOC1CCN(CC(C)S)CC1. The van der Waals surface area contributed by atoms with Crippen LogP contribution in [-0.2, 0) is 4.74 Å². The van der Waals surface area contributed by atoms with Gasteiger partial charge in [0.1, 0.15) is 0 Å². The van der Waals surface area contributed by atoms with E-state index in [9.17, 15) is 0 Å². The maximum atomic E-state index is 5.90. The molecule has 0 radical (unpaired) electrons. The van der Waals surface area contributed by atoms with Crippen LogP contribution in [0, 0.1) is 0 Å². The highest BCUT2D eigenvalue weighted by molar-refractivity contribution is 7.80. The summed E-state index contributed by atoms with van der Waals surface area (Å²) in [4.78, 5) is 2.50. The average molecular weight is 260 g/mol. The second-order valence-electron chi connectivity index (χ2n) is 4.93. The van der Waals surface area contributed by atoms with Crippen molar-refractivity contribution in [1.29, 1.82) is 0 Å². The molecule has 1 unspecified atom stereocenters. The summed E-state index contributed by atoms with van der Waals surface area (Å²) in [5.41, 5.74) is 0. The summed E-state index contributed by atoms with van der Waals surface area (Å²) in [6.07, 6.45) is 3.98. The van der Waals surface area contributed by atoms with E-state index >= 15 is 0 Å². The monoisotopic (exact) mass is 260 g/mol.